The Morgan fingerprint density at radius 3 is 0.963 bits per heavy atom. The lowest BCUT2D eigenvalue weighted by Crippen LogP contribution is -2.29. The number of hydrogen-bond donors (Lipinski definition) is 4. The van der Waals surface area contributed by atoms with Gasteiger partial charge in [0.1, 0.15) is 0 Å². The van der Waals surface area contributed by atoms with Gasteiger partial charge in [-0.05, 0) is 25.7 Å². The van der Waals surface area contributed by atoms with Crippen molar-refractivity contribution >= 4 is 0 Å². The second kappa shape index (κ2) is 23.9. The molecule has 0 rings (SSSR count). The van der Waals surface area contributed by atoms with E-state index >= 15 is 0 Å². The van der Waals surface area contributed by atoms with Gasteiger partial charge < -0.3 is 20.4 Å². The monoisotopic (exact) mass is 390 g/mol. The van der Waals surface area contributed by atoms with Gasteiger partial charge in [0.2, 0.25) is 0 Å². The van der Waals surface area contributed by atoms with Gasteiger partial charge in [0.05, 0.1) is 13.2 Å². The summed E-state index contributed by atoms with van der Waals surface area (Å²) in [5, 5.41) is 35.7. The largest absolute Gasteiger partial charge is 0.396 e. The van der Waals surface area contributed by atoms with Crippen molar-refractivity contribution in [1.29, 1.82) is 0 Å². The van der Waals surface area contributed by atoms with Crippen LogP contribution in [0.3, 0.4) is 0 Å². The number of aliphatic hydroxyl groups is 4. The van der Waals surface area contributed by atoms with Crippen LogP contribution in [-0.2, 0) is 0 Å². The molecule has 0 spiro atoms. The Labute approximate surface area is 169 Å². The molecule has 0 amide bonds. The minimum atomic E-state index is -0.202. The summed E-state index contributed by atoms with van der Waals surface area (Å²) < 4.78 is 0. The third kappa shape index (κ3) is 20.4. The van der Waals surface area contributed by atoms with Crippen LogP contribution in [0.15, 0.2) is 0 Å². The molecule has 0 aliphatic heterocycles. The van der Waals surface area contributed by atoms with E-state index in [2.05, 4.69) is 13.8 Å². The Morgan fingerprint density at radius 1 is 0.444 bits per heavy atom. The first-order chi connectivity index (χ1) is 13.2. The van der Waals surface area contributed by atoms with Gasteiger partial charge in [-0.15, -0.1) is 0 Å². The smallest absolute Gasteiger partial charge is 0.0509 e. The van der Waals surface area contributed by atoms with Crippen molar-refractivity contribution in [1.82, 2.24) is 0 Å². The molecule has 0 saturated carbocycles. The first-order valence-corrected chi connectivity index (χ1v) is 11.6. The van der Waals surface area contributed by atoms with Gasteiger partial charge in [0, 0.05) is 18.6 Å². The summed E-state index contributed by atoms with van der Waals surface area (Å²) in [5.74, 6) is 0. The van der Waals surface area contributed by atoms with Crippen LogP contribution in [0.2, 0.25) is 0 Å². The van der Waals surface area contributed by atoms with Crippen molar-refractivity contribution in [3.05, 3.63) is 0 Å². The van der Waals surface area contributed by atoms with Crippen LogP contribution in [0.25, 0.3) is 0 Å². The van der Waals surface area contributed by atoms with Crippen molar-refractivity contribution in [3.8, 4) is 0 Å². The van der Waals surface area contributed by atoms with Gasteiger partial charge >= 0.3 is 0 Å². The molecular weight excluding hydrogens is 340 g/mol. The van der Waals surface area contributed by atoms with E-state index in [0.29, 0.717) is 13.2 Å². The molecule has 0 saturated heterocycles. The molecule has 4 nitrogen and oxygen atoms in total. The predicted octanol–water partition coefficient (Wildman–Crippen LogP) is 5.21. The average molecular weight is 391 g/mol. The van der Waals surface area contributed by atoms with Gasteiger partial charge in [-0.25, -0.2) is 0 Å². The summed E-state index contributed by atoms with van der Waals surface area (Å²) in [6, 6.07) is 0. The number of rotatable bonds is 19. The van der Waals surface area contributed by atoms with Crippen molar-refractivity contribution in [2.45, 2.75) is 117 Å². The second-order valence-electron chi connectivity index (χ2n) is 8.01. The van der Waals surface area contributed by atoms with Crippen molar-refractivity contribution in [2.75, 3.05) is 26.4 Å². The quantitative estimate of drug-likeness (QED) is 0.228. The van der Waals surface area contributed by atoms with Crippen LogP contribution >= 0.6 is 0 Å². The Balaban J connectivity index is 0. The van der Waals surface area contributed by atoms with E-state index in [0.717, 1.165) is 51.4 Å². The predicted molar refractivity (Wildman–Crippen MR) is 116 cm³/mol. The fraction of sp³-hybridized carbons (Fsp3) is 1.00. The minimum Gasteiger partial charge on any atom is -0.396 e. The number of unbranched alkanes of at least 4 members (excludes halogenated alkanes) is 11. The van der Waals surface area contributed by atoms with Gasteiger partial charge in [-0.1, -0.05) is 90.9 Å². The average Bonchev–Trinajstić information content (AvgIpc) is 2.71. The first-order valence-electron chi connectivity index (χ1n) is 11.6. The highest BCUT2D eigenvalue weighted by Crippen LogP contribution is 2.29. The second-order valence-corrected chi connectivity index (χ2v) is 8.01. The molecule has 0 aromatic rings. The van der Waals surface area contributed by atoms with Crippen LogP contribution < -0.4 is 0 Å². The van der Waals surface area contributed by atoms with E-state index in [1.165, 1.54) is 51.4 Å². The van der Waals surface area contributed by atoms with Crippen LogP contribution in [0.1, 0.15) is 117 Å². The number of hydrogen-bond acceptors (Lipinski definition) is 4. The Kier molecular flexibility index (Phi) is 25.7. The summed E-state index contributed by atoms with van der Waals surface area (Å²) in [4.78, 5) is 0. The Bertz CT molecular complexity index is 233. The Morgan fingerprint density at radius 2 is 0.741 bits per heavy atom. The summed E-state index contributed by atoms with van der Waals surface area (Å²) >= 11 is 0. The maximum Gasteiger partial charge on any atom is 0.0509 e. The molecule has 0 heterocycles. The molecule has 4 heteroatoms. The van der Waals surface area contributed by atoms with E-state index in [-0.39, 0.29) is 18.6 Å². The molecule has 0 atom stereocenters. The van der Waals surface area contributed by atoms with Crippen LogP contribution in [0.5, 0.6) is 0 Å². The lowest BCUT2D eigenvalue weighted by atomic mass is 9.80. The fourth-order valence-electron chi connectivity index (χ4n) is 3.23. The zero-order valence-corrected chi connectivity index (χ0v) is 18.4. The lowest BCUT2D eigenvalue weighted by molar-refractivity contribution is 0.0361. The minimum absolute atomic E-state index is 0.128. The van der Waals surface area contributed by atoms with Crippen LogP contribution in [0, 0.1) is 5.41 Å². The third-order valence-corrected chi connectivity index (χ3v) is 5.36. The molecule has 166 valence electrons. The summed E-state index contributed by atoms with van der Waals surface area (Å²) in [6.07, 6.45) is 18.5. The van der Waals surface area contributed by atoms with E-state index in [9.17, 15) is 10.2 Å². The topological polar surface area (TPSA) is 80.9 Å². The Hall–Kier alpha value is -0.160. The highest BCUT2D eigenvalue weighted by Gasteiger charge is 2.26. The summed E-state index contributed by atoms with van der Waals surface area (Å²) in [6.45, 7) is 5.23. The summed E-state index contributed by atoms with van der Waals surface area (Å²) in [5.41, 5.74) is -0.202. The molecule has 0 radical (unpaired) electrons. The molecule has 0 bridgehead atoms. The van der Waals surface area contributed by atoms with Gasteiger partial charge in [0.15, 0.2) is 0 Å². The zero-order valence-electron chi connectivity index (χ0n) is 18.4. The fourth-order valence-corrected chi connectivity index (χ4v) is 3.23. The molecule has 0 fully saturated rings. The normalized spacial score (nSPS) is 11.3. The van der Waals surface area contributed by atoms with Gasteiger partial charge in [0.25, 0.3) is 0 Å². The molecular formula is C23H50O4. The number of aliphatic hydroxyl groups excluding tert-OH is 4. The van der Waals surface area contributed by atoms with E-state index in [1.807, 2.05) is 0 Å². The first kappa shape index (κ1) is 29.0. The van der Waals surface area contributed by atoms with E-state index in [1.54, 1.807) is 0 Å². The highest BCUT2D eigenvalue weighted by molar-refractivity contribution is 4.77. The van der Waals surface area contributed by atoms with E-state index < -0.39 is 0 Å². The van der Waals surface area contributed by atoms with Gasteiger partial charge in [-0.2, -0.15) is 0 Å². The standard InChI is InChI=1S/C12H26O2.C11H24O2/c13-11-9-7-5-3-1-2-4-6-8-10-12-14;1-3-5-7-11(9-12,10-13)8-6-4-2/h13-14H,1-12H2;12-13H,3-10H2,1-2H3. The van der Waals surface area contributed by atoms with E-state index in [4.69, 9.17) is 10.2 Å². The molecule has 0 aromatic carbocycles. The van der Waals surface area contributed by atoms with Gasteiger partial charge in [-0.3, -0.25) is 0 Å². The molecule has 0 aliphatic rings. The molecule has 0 aromatic heterocycles. The van der Waals surface area contributed by atoms with Crippen molar-refractivity contribution < 1.29 is 20.4 Å². The van der Waals surface area contributed by atoms with Crippen LogP contribution in [-0.4, -0.2) is 46.9 Å². The van der Waals surface area contributed by atoms with Crippen molar-refractivity contribution in [2.24, 2.45) is 5.41 Å². The van der Waals surface area contributed by atoms with Crippen molar-refractivity contribution in [3.63, 3.8) is 0 Å². The highest BCUT2D eigenvalue weighted by atomic mass is 16.3. The molecule has 27 heavy (non-hydrogen) atoms. The molecule has 0 unspecified atom stereocenters. The molecule has 4 N–H and O–H groups in total. The zero-order chi connectivity index (χ0) is 20.6. The molecule has 0 aliphatic carbocycles. The lowest BCUT2D eigenvalue weighted by Gasteiger charge is -2.29. The summed E-state index contributed by atoms with van der Waals surface area (Å²) in [7, 11) is 0. The van der Waals surface area contributed by atoms with Crippen LogP contribution in [0.4, 0.5) is 0 Å². The maximum absolute atomic E-state index is 9.27. The maximum atomic E-state index is 9.27. The third-order valence-electron chi connectivity index (χ3n) is 5.36. The SMILES string of the molecule is CCCCC(CO)(CO)CCCC.OCCCCCCCCCCCCO.